The van der Waals surface area contributed by atoms with Crippen LogP contribution < -0.4 is 5.73 Å². The van der Waals surface area contributed by atoms with Crippen LogP contribution in [0.2, 0.25) is 0 Å². The minimum atomic E-state index is -0.434. The number of anilines is 1. The lowest BCUT2D eigenvalue weighted by Crippen LogP contribution is -1.91. The number of benzene rings is 1. The van der Waals surface area contributed by atoms with Crippen molar-refractivity contribution in [1.29, 1.82) is 0 Å². The van der Waals surface area contributed by atoms with Crippen molar-refractivity contribution in [3.8, 4) is 0 Å². The van der Waals surface area contributed by atoms with Crippen LogP contribution in [0.1, 0.15) is 5.56 Å². The second-order valence-corrected chi connectivity index (χ2v) is 2.68. The van der Waals surface area contributed by atoms with E-state index in [2.05, 4.69) is 0 Å². The van der Waals surface area contributed by atoms with Crippen LogP contribution in [-0.2, 0) is 5.75 Å². The maximum Gasteiger partial charge on any atom is 0.146 e. The molecule has 0 amide bonds. The molecule has 60 valence electrons. The van der Waals surface area contributed by atoms with Gasteiger partial charge in [-0.05, 0) is 29.7 Å². The van der Waals surface area contributed by atoms with Gasteiger partial charge in [-0.1, -0.05) is 6.07 Å². The van der Waals surface area contributed by atoms with E-state index in [1.807, 2.05) is 0 Å². The molecule has 1 rings (SSSR count). The molecule has 1 aromatic carbocycles. The molecular formula is C7H8FNOS. The maximum absolute atomic E-state index is 12.7. The summed E-state index contributed by atoms with van der Waals surface area (Å²) in [5, 5.41) is 0. The van der Waals surface area contributed by atoms with Crippen LogP contribution in [0.15, 0.2) is 18.2 Å². The van der Waals surface area contributed by atoms with Crippen molar-refractivity contribution in [1.82, 2.24) is 0 Å². The second-order valence-electron chi connectivity index (χ2n) is 2.13. The van der Waals surface area contributed by atoms with E-state index < -0.39 is 5.82 Å². The van der Waals surface area contributed by atoms with Gasteiger partial charge in [-0.25, -0.2) is 4.39 Å². The highest BCUT2D eigenvalue weighted by Gasteiger charge is 1.98. The normalized spacial score (nSPS) is 10.0. The fourth-order valence-electron chi connectivity index (χ4n) is 0.735. The highest BCUT2D eigenvalue weighted by atomic mass is 32.2. The largest absolute Gasteiger partial charge is 0.396 e. The quantitative estimate of drug-likeness (QED) is 0.532. The van der Waals surface area contributed by atoms with E-state index in [9.17, 15) is 4.39 Å². The molecule has 2 nitrogen and oxygen atoms in total. The number of nitrogen functional groups attached to an aromatic ring is 1. The third-order valence-corrected chi connectivity index (χ3v) is 1.76. The van der Waals surface area contributed by atoms with Gasteiger partial charge in [0.05, 0.1) is 5.69 Å². The zero-order valence-electron chi connectivity index (χ0n) is 5.75. The van der Waals surface area contributed by atoms with Crippen LogP contribution in [0.4, 0.5) is 10.1 Å². The molecule has 0 atom stereocenters. The lowest BCUT2D eigenvalue weighted by molar-refractivity contribution is 0.630. The SMILES string of the molecule is Nc1ccc(CSO)cc1F. The third kappa shape index (κ3) is 2.10. The molecule has 1 aromatic rings. The summed E-state index contributed by atoms with van der Waals surface area (Å²) in [4.78, 5) is 0. The first-order valence-electron chi connectivity index (χ1n) is 3.04. The molecule has 0 aliphatic carbocycles. The molecule has 0 fully saturated rings. The minimum Gasteiger partial charge on any atom is -0.396 e. The molecule has 0 saturated carbocycles. The predicted molar refractivity (Wildman–Crippen MR) is 44.7 cm³/mol. The van der Waals surface area contributed by atoms with Crippen LogP contribution >= 0.6 is 12.0 Å². The molecule has 0 aliphatic rings. The van der Waals surface area contributed by atoms with Crippen LogP contribution in [-0.4, -0.2) is 4.55 Å². The average molecular weight is 173 g/mol. The van der Waals surface area contributed by atoms with Crippen molar-refractivity contribution in [3.63, 3.8) is 0 Å². The van der Waals surface area contributed by atoms with Gasteiger partial charge in [0, 0.05) is 5.75 Å². The fraction of sp³-hybridized carbons (Fsp3) is 0.143. The van der Waals surface area contributed by atoms with Crippen molar-refractivity contribution in [2.45, 2.75) is 5.75 Å². The van der Waals surface area contributed by atoms with Crippen molar-refractivity contribution in [2.75, 3.05) is 5.73 Å². The summed E-state index contributed by atoms with van der Waals surface area (Å²) in [7, 11) is 0. The van der Waals surface area contributed by atoms with Crippen LogP contribution in [0.3, 0.4) is 0 Å². The van der Waals surface area contributed by atoms with Crippen LogP contribution in [0.25, 0.3) is 0 Å². The summed E-state index contributed by atoms with van der Waals surface area (Å²) >= 11 is 0.662. The van der Waals surface area contributed by atoms with Crippen molar-refractivity contribution in [3.05, 3.63) is 29.6 Å². The highest BCUT2D eigenvalue weighted by Crippen LogP contribution is 2.15. The van der Waals surface area contributed by atoms with Gasteiger partial charge in [0.1, 0.15) is 5.82 Å². The fourth-order valence-corrected chi connectivity index (χ4v) is 1.06. The Morgan fingerprint density at radius 1 is 1.55 bits per heavy atom. The number of halogens is 1. The number of hydrogen-bond donors (Lipinski definition) is 2. The standard InChI is InChI=1S/C7H8FNOS/c8-6-3-5(4-11-10)1-2-7(6)9/h1-3,10H,4,9H2. The van der Waals surface area contributed by atoms with E-state index in [1.54, 1.807) is 6.07 Å². The lowest BCUT2D eigenvalue weighted by atomic mass is 10.2. The van der Waals surface area contributed by atoms with E-state index >= 15 is 0 Å². The number of rotatable bonds is 2. The molecule has 11 heavy (non-hydrogen) atoms. The summed E-state index contributed by atoms with van der Waals surface area (Å²) in [6.45, 7) is 0. The zero-order valence-corrected chi connectivity index (χ0v) is 6.57. The Morgan fingerprint density at radius 3 is 2.82 bits per heavy atom. The minimum absolute atomic E-state index is 0.136. The Bertz CT molecular complexity index is 254. The van der Waals surface area contributed by atoms with E-state index in [-0.39, 0.29) is 5.69 Å². The average Bonchev–Trinajstić information content (AvgIpc) is 1.98. The molecular weight excluding hydrogens is 165 g/mol. The van der Waals surface area contributed by atoms with E-state index in [1.165, 1.54) is 12.1 Å². The summed E-state index contributed by atoms with van der Waals surface area (Å²) in [5.74, 6) is -0.0476. The summed E-state index contributed by atoms with van der Waals surface area (Å²) in [5.41, 5.74) is 6.10. The maximum atomic E-state index is 12.7. The summed E-state index contributed by atoms with van der Waals surface area (Å²) < 4.78 is 21.1. The smallest absolute Gasteiger partial charge is 0.146 e. The monoisotopic (exact) mass is 173 g/mol. The van der Waals surface area contributed by atoms with Gasteiger partial charge in [0.15, 0.2) is 0 Å². The third-order valence-electron chi connectivity index (χ3n) is 1.30. The van der Waals surface area contributed by atoms with Gasteiger partial charge in [0.2, 0.25) is 0 Å². The predicted octanol–water partition coefficient (Wildman–Crippen LogP) is 2.11. The topological polar surface area (TPSA) is 46.2 Å². The molecule has 4 heteroatoms. The van der Waals surface area contributed by atoms with Gasteiger partial charge in [-0.2, -0.15) is 0 Å². The molecule has 0 aliphatic heterocycles. The Hall–Kier alpha value is -0.740. The zero-order chi connectivity index (χ0) is 8.27. The molecule has 0 unspecified atom stereocenters. The first-order valence-corrected chi connectivity index (χ1v) is 3.98. The molecule has 0 aromatic heterocycles. The Balaban J connectivity index is 2.86. The van der Waals surface area contributed by atoms with Gasteiger partial charge in [-0.15, -0.1) is 0 Å². The molecule has 0 spiro atoms. The van der Waals surface area contributed by atoms with Crippen LogP contribution in [0, 0.1) is 5.82 Å². The van der Waals surface area contributed by atoms with E-state index in [4.69, 9.17) is 10.3 Å². The van der Waals surface area contributed by atoms with Gasteiger partial charge in [-0.3, -0.25) is 0 Å². The lowest BCUT2D eigenvalue weighted by Gasteiger charge is -1.99. The van der Waals surface area contributed by atoms with E-state index in [0.717, 1.165) is 5.56 Å². The van der Waals surface area contributed by atoms with Gasteiger partial charge >= 0.3 is 0 Å². The Morgan fingerprint density at radius 2 is 2.27 bits per heavy atom. The molecule has 3 N–H and O–H groups in total. The Labute approximate surface area is 68.4 Å². The van der Waals surface area contributed by atoms with Gasteiger partial charge < -0.3 is 10.3 Å². The highest BCUT2D eigenvalue weighted by molar-refractivity contribution is 7.92. The Kier molecular flexibility index (Phi) is 2.73. The number of hydrogen-bond acceptors (Lipinski definition) is 3. The second kappa shape index (κ2) is 3.59. The van der Waals surface area contributed by atoms with Crippen molar-refractivity contribution < 1.29 is 8.94 Å². The van der Waals surface area contributed by atoms with E-state index in [0.29, 0.717) is 17.8 Å². The molecule has 0 heterocycles. The summed E-state index contributed by atoms with van der Waals surface area (Å²) in [6.07, 6.45) is 0. The molecule has 0 saturated heterocycles. The first-order chi connectivity index (χ1) is 5.24. The van der Waals surface area contributed by atoms with Gasteiger partial charge in [0.25, 0.3) is 0 Å². The number of nitrogens with two attached hydrogens (primary N) is 1. The van der Waals surface area contributed by atoms with Crippen LogP contribution in [0.5, 0.6) is 0 Å². The van der Waals surface area contributed by atoms with Crippen molar-refractivity contribution in [2.24, 2.45) is 0 Å². The van der Waals surface area contributed by atoms with Crippen molar-refractivity contribution >= 4 is 17.7 Å². The molecule has 0 bridgehead atoms. The first kappa shape index (κ1) is 8.36. The summed E-state index contributed by atoms with van der Waals surface area (Å²) in [6, 6.07) is 4.49. The molecule has 0 radical (unpaired) electrons.